The van der Waals surface area contributed by atoms with Gasteiger partial charge in [-0.2, -0.15) is 0 Å². The van der Waals surface area contributed by atoms with Crippen LogP contribution in [0.5, 0.6) is 0 Å². The van der Waals surface area contributed by atoms with Gasteiger partial charge in [0.25, 0.3) is 0 Å². The minimum atomic E-state index is 0.424. The Labute approximate surface area is 98.1 Å². The lowest BCUT2D eigenvalue weighted by atomic mass is 9.82. The number of nitrogens with one attached hydrogen (secondary N) is 2. The van der Waals surface area contributed by atoms with Crippen LogP contribution in [0, 0.1) is 5.41 Å². The highest BCUT2D eigenvalue weighted by atomic mass is 16.5. The van der Waals surface area contributed by atoms with E-state index in [1.54, 1.807) is 0 Å². The second kappa shape index (κ2) is 5.96. The highest BCUT2D eigenvalue weighted by Crippen LogP contribution is 2.28. The maximum atomic E-state index is 5.43. The molecule has 4 nitrogen and oxygen atoms in total. The summed E-state index contributed by atoms with van der Waals surface area (Å²) in [6.07, 6.45) is 2.35. The van der Waals surface area contributed by atoms with Gasteiger partial charge < -0.3 is 20.1 Å². The zero-order valence-corrected chi connectivity index (χ0v) is 10.3. The Bertz CT molecular complexity index is 199. The smallest absolute Gasteiger partial charge is 0.0632 e. The van der Waals surface area contributed by atoms with Crippen LogP contribution in [0.1, 0.15) is 19.8 Å². The third-order valence-electron chi connectivity index (χ3n) is 3.64. The highest BCUT2D eigenvalue weighted by Gasteiger charge is 2.27. The third kappa shape index (κ3) is 3.70. The quantitative estimate of drug-likeness (QED) is 0.730. The first-order valence-electron chi connectivity index (χ1n) is 6.38. The SMILES string of the molecule is CC1(CNCC2COCCN2)CCOCC1. The van der Waals surface area contributed by atoms with Crippen molar-refractivity contribution in [3.05, 3.63) is 0 Å². The van der Waals surface area contributed by atoms with Crippen molar-refractivity contribution in [3.63, 3.8) is 0 Å². The molecule has 2 aliphatic heterocycles. The average molecular weight is 228 g/mol. The normalized spacial score (nSPS) is 30.2. The Morgan fingerprint density at radius 2 is 2.06 bits per heavy atom. The maximum absolute atomic E-state index is 5.43. The van der Waals surface area contributed by atoms with E-state index in [0.29, 0.717) is 11.5 Å². The van der Waals surface area contributed by atoms with Gasteiger partial charge in [-0.15, -0.1) is 0 Å². The molecule has 0 aromatic carbocycles. The van der Waals surface area contributed by atoms with E-state index >= 15 is 0 Å². The highest BCUT2D eigenvalue weighted by molar-refractivity contribution is 4.81. The summed E-state index contributed by atoms with van der Waals surface area (Å²) in [7, 11) is 0. The van der Waals surface area contributed by atoms with Crippen molar-refractivity contribution in [2.45, 2.75) is 25.8 Å². The molecule has 0 aromatic heterocycles. The van der Waals surface area contributed by atoms with E-state index in [4.69, 9.17) is 9.47 Å². The van der Waals surface area contributed by atoms with Crippen LogP contribution in [0.2, 0.25) is 0 Å². The molecule has 1 atom stereocenters. The van der Waals surface area contributed by atoms with Crippen molar-refractivity contribution >= 4 is 0 Å². The first-order chi connectivity index (χ1) is 7.79. The number of rotatable bonds is 4. The topological polar surface area (TPSA) is 42.5 Å². The Balaban J connectivity index is 1.62. The monoisotopic (exact) mass is 228 g/mol. The zero-order chi connectivity index (χ0) is 11.3. The summed E-state index contributed by atoms with van der Waals surface area (Å²) in [4.78, 5) is 0. The van der Waals surface area contributed by atoms with E-state index in [2.05, 4.69) is 17.6 Å². The fraction of sp³-hybridized carbons (Fsp3) is 1.00. The van der Waals surface area contributed by atoms with Gasteiger partial charge in [-0.25, -0.2) is 0 Å². The van der Waals surface area contributed by atoms with Crippen molar-refractivity contribution in [2.75, 3.05) is 46.1 Å². The van der Waals surface area contributed by atoms with Gasteiger partial charge in [0.15, 0.2) is 0 Å². The Hall–Kier alpha value is -0.160. The molecule has 0 aromatic rings. The van der Waals surface area contributed by atoms with Crippen molar-refractivity contribution in [1.82, 2.24) is 10.6 Å². The molecule has 1 unspecified atom stereocenters. The van der Waals surface area contributed by atoms with Gasteiger partial charge in [0.2, 0.25) is 0 Å². The van der Waals surface area contributed by atoms with Crippen LogP contribution in [0.25, 0.3) is 0 Å². The van der Waals surface area contributed by atoms with E-state index in [-0.39, 0.29) is 0 Å². The standard InChI is InChI=1S/C12H24N2O2/c1-12(2-5-15-6-3-12)10-13-8-11-9-16-7-4-14-11/h11,13-14H,2-10H2,1H3. The van der Waals surface area contributed by atoms with Crippen molar-refractivity contribution in [3.8, 4) is 0 Å². The maximum Gasteiger partial charge on any atom is 0.0632 e. The molecule has 94 valence electrons. The molecular weight excluding hydrogens is 204 g/mol. The molecule has 2 rings (SSSR count). The van der Waals surface area contributed by atoms with E-state index in [0.717, 1.165) is 46.1 Å². The molecule has 2 saturated heterocycles. The number of morpholine rings is 1. The van der Waals surface area contributed by atoms with Crippen molar-refractivity contribution < 1.29 is 9.47 Å². The Morgan fingerprint density at radius 1 is 1.25 bits per heavy atom. The summed E-state index contributed by atoms with van der Waals surface area (Å²) in [6, 6.07) is 0.484. The fourth-order valence-electron chi connectivity index (χ4n) is 2.34. The second-order valence-electron chi connectivity index (χ2n) is 5.28. The molecule has 4 heteroatoms. The molecular formula is C12H24N2O2. The minimum absolute atomic E-state index is 0.424. The minimum Gasteiger partial charge on any atom is -0.381 e. The van der Waals surface area contributed by atoms with Crippen LogP contribution in [-0.4, -0.2) is 52.1 Å². The van der Waals surface area contributed by atoms with Crippen LogP contribution in [0.15, 0.2) is 0 Å². The first kappa shape index (κ1) is 12.3. The summed E-state index contributed by atoms with van der Waals surface area (Å²) in [5, 5.41) is 7.02. The summed E-state index contributed by atoms with van der Waals surface area (Å²) in [6.45, 7) is 8.97. The van der Waals surface area contributed by atoms with Gasteiger partial charge >= 0.3 is 0 Å². The molecule has 16 heavy (non-hydrogen) atoms. The van der Waals surface area contributed by atoms with E-state index in [9.17, 15) is 0 Å². The van der Waals surface area contributed by atoms with Crippen LogP contribution >= 0.6 is 0 Å². The zero-order valence-electron chi connectivity index (χ0n) is 10.3. The molecule has 0 amide bonds. The van der Waals surface area contributed by atoms with Crippen LogP contribution in [0.3, 0.4) is 0 Å². The van der Waals surface area contributed by atoms with Crippen LogP contribution in [-0.2, 0) is 9.47 Å². The molecule has 0 aliphatic carbocycles. The summed E-state index contributed by atoms with van der Waals surface area (Å²) in [5.74, 6) is 0. The van der Waals surface area contributed by atoms with Gasteiger partial charge in [-0.05, 0) is 18.3 Å². The van der Waals surface area contributed by atoms with Gasteiger partial charge in [0, 0.05) is 38.9 Å². The Morgan fingerprint density at radius 3 is 2.75 bits per heavy atom. The predicted octanol–water partition coefficient (Wildman–Crippen LogP) is 0.381. The van der Waals surface area contributed by atoms with E-state index in [1.165, 1.54) is 12.8 Å². The van der Waals surface area contributed by atoms with Crippen LogP contribution in [0.4, 0.5) is 0 Å². The summed E-state index contributed by atoms with van der Waals surface area (Å²) < 4.78 is 10.8. The summed E-state index contributed by atoms with van der Waals surface area (Å²) in [5.41, 5.74) is 0.424. The lowest BCUT2D eigenvalue weighted by Crippen LogP contribution is -2.49. The number of hydrogen-bond acceptors (Lipinski definition) is 4. The van der Waals surface area contributed by atoms with Crippen molar-refractivity contribution in [1.29, 1.82) is 0 Å². The lowest BCUT2D eigenvalue weighted by Gasteiger charge is -2.34. The molecule has 0 spiro atoms. The Kier molecular flexibility index (Phi) is 4.58. The largest absolute Gasteiger partial charge is 0.381 e. The van der Waals surface area contributed by atoms with Gasteiger partial charge in [0.05, 0.1) is 13.2 Å². The van der Waals surface area contributed by atoms with Crippen LogP contribution < -0.4 is 10.6 Å². The van der Waals surface area contributed by atoms with E-state index in [1.807, 2.05) is 0 Å². The molecule has 0 saturated carbocycles. The average Bonchev–Trinajstić information content (AvgIpc) is 2.31. The fourth-order valence-corrected chi connectivity index (χ4v) is 2.34. The molecule has 2 aliphatic rings. The summed E-state index contributed by atoms with van der Waals surface area (Å²) >= 11 is 0. The second-order valence-corrected chi connectivity index (χ2v) is 5.28. The van der Waals surface area contributed by atoms with Gasteiger partial charge in [-0.1, -0.05) is 6.92 Å². The molecule has 0 radical (unpaired) electrons. The first-order valence-corrected chi connectivity index (χ1v) is 6.38. The molecule has 2 fully saturated rings. The van der Waals surface area contributed by atoms with Gasteiger partial charge in [0.1, 0.15) is 0 Å². The van der Waals surface area contributed by atoms with Gasteiger partial charge in [-0.3, -0.25) is 0 Å². The molecule has 2 N–H and O–H groups in total. The molecule has 0 bridgehead atoms. The predicted molar refractivity (Wildman–Crippen MR) is 63.6 cm³/mol. The molecule has 2 heterocycles. The lowest BCUT2D eigenvalue weighted by molar-refractivity contribution is 0.0225. The third-order valence-corrected chi connectivity index (χ3v) is 3.64. The van der Waals surface area contributed by atoms with Crippen molar-refractivity contribution in [2.24, 2.45) is 5.41 Å². The van der Waals surface area contributed by atoms with E-state index < -0.39 is 0 Å². The number of hydrogen-bond donors (Lipinski definition) is 2. The number of ether oxygens (including phenoxy) is 2.